The van der Waals surface area contributed by atoms with Gasteiger partial charge in [0, 0.05) is 0 Å². The van der Waals surface area contributed by atoms with Gasteiger partial charge in [0.05, 0.1) is 11.3 Å². The highest BCUT2D eigenvalue weighted by molar-refractivity contribution is 7.86. The molecule has 7 nitrogen and oxygen atoms in total. The van der Waals surface area contributed by atoms with E-state index >= 15 is 0 Å². The quantitative estimate of drug-likeness (QED) is 0.517. The standard InChI is InChI=1S/C16H26F2O7S/c1-5-15(3,4)14(20)25-12-8-6-11(7-9-12)13(19)24-10(2)16(17,18)26(21,22)23/h10-12H,5-9H2,1-4H3,(H,21,22,23). The number of ether oxygens (including phenoxy) is 2. The lowest BCUT2D eigenvalue weighted by Gasteiger charge is -2.31. The van der Waals surface area contributed by atoms with Crippen LogP contribution in [0.3, 0.4) is 0 Å². The molecule has 0 aromatic rings. The third-order valence-electron chi connectivity index (χ3n) is 4.83. The second-order valence-electron chi connectivity index (χ2n) is 7.23. The molecule has 1 aliphatic rings. The topological polar surface area (TPSA) is 107 Å². The van der Waals surface area contributed by atoms with Crippen molar-refractivity contribution >= 4 is 22.1 Å². The van der Waals surface area contributed by atoms with Crippen LogP contribution in [0.4, 0.5) is 8.78 Å². The molecule has 1 rings (SSSR count). The molecule has 0 aromatic heterocycles. The minimum Gasteiger partial charge on any atom is -0.462 e. The zero-order valence-corrected chi connectivity index (χ0v) is 16.1. The molecule has 26 heavy (non-hydrogen) atoms. The molecule has 1 atom stereocenters. The Hall–Kier alpha value is -1.29. The van der Waals surface area contributed by atoms with Crippen LogP contribution >= 0.6 is 0 Å². The van der Waals surface area contributed by atoms with E-state index in [0.717, 1.165) is 0 Å². The van der Waals surface area contributed by atoms with Crippen molar-refractivity contribution in [2.24, 2.45) is 11.3 Å². The molecular formula is C16H26F2O7S. The molecule has 1 aliphatic carbocycles. The fourth-order valence-electron chi connectivity index (χ4n) is 2.42. The van der Waals surface area contributed by atoms with Gasteiger partial charge in [-0.05, 0) is 52.9 Å². The summed E-state index contributed by atoms with van der Waals surface area (Å²) in [5.74, 6) is -1.98. The number of rotatable bonds is 7. The van der Waals surface area contributed by atoms with Gasteiger partial charge in [-0.15, -0.1) is 0 Å². The van der Waals surface area contributed by atoms with E-state index in [1.54, 1.807) is 13.8 Å². The Labute approximate surface area is 152 Å². The van der Waals surface area contributed by atoms with Gasteiger partial charge in [-0.25, -0.2) is 0 Å². The van der Waals surface area contributed by atoms with E-state index in [1.165, 1.54) is 0 Å². The summed E-state index contributed by atoms with van der Waals surface area (Å²) < 4.78 is 66.7. The van der Waals surface area contributed by atoms with Gasteiger partial charge in [0.2, 0.25) is 0 Å². The molecule has 0 bridgehead atoms. The van der Waals surface area contributed by atoms with E-state index in [4.69, 9.17) is 9.29 Å². The van der Waals surface area contributed by atoms with Crippen LogP contribution in [0.2, 0.25) is 0 Å². The monoisotopic (exact) mass is 400 g/mol. The summed E-state index contributed by atoms with van der Waals surface area (Å²) in [5.41, 5.74) is -0.605. The van der Waals surface area contributed by atoms with E-state index in [9.17, 15) is 26.8 Å². The summed E-state index contributed by atoms with van der Waals surface area (Å²) in [7, 11) is -5.68. The molecule has 1 unspecified atom stereocenters. The Morgan fingerprint density at radius 3 is 2.12 bits per heavy atom. The highest BCUT2D eigenvalue weighted by atomic mass is 32.2. The van der Waals surface area contributed by atoms with Crippen molar-refractivity contribution in [2.75, 3.05) is 0 Å². The van der Waals surface area contributed by atoms with E-state index < -0.39 is 38.8 Å². The third-order valence-corrected chi connectivity index (χ3v) is 5.85. The summed E-state index contributed by atoms with van der Waals surface area (Å²) >= 11 is 0. The SMILES string of the molecule is CCC(C)(C)C(=O)OC1CCC(C(=O)OC(C)C(F)(F)S(=O)(=O)O)CC1. The number of alkyl halides is 2. The van der Waals surface area contributed by atoms with Crippen LogP contribution in [-0.4, -0.2) is 42.4 Å². The van der Waals surface area contributed by atoms with Crippen molar-refractivity contribution in [1.29, 1.82) is 0 Å². The first-order valence-electron chi connectivity index (χ1n) is 8.48. The molecule has 1 N–H and O–H groups in total. The maximum atomic E-state index is 13.4. The summed E-state index contributed by atoms with van der Waals surface area (Å²) in [4.78, 5) is 24.0. The van der Waals surface area contributed by atoms with E-state index in [2.05, 4.69) is 4.74 Å². The predicted molar refractivity (Wildman–Crippen MR) is 88.0 cm³/mol. The van der Waals surface area contributed by atoms with Crippen LogP contribution in [-0.2, 0) is 29.2 Å². The molecule has 10 heteroatoms. The first-order chi connectivity index (χ1) is 11.7. The summed E-state index contributed by atoms with van der Waals surface area (Å²) in [6, 6.07) is 0. The lowest BCUT2D eigenvalue weighted by Crippen LogP contribution is -2.43. The Kier molecular flexibility index (Phi) is 7.14. The molecular weight excluding hydrogens is 374 g/mol. The van der Waals surface area contributed by atoms with Crippen molar-refractivity contribution in [3.8, 4) is 0 Å². The molecule has 1 saturated carbocycles. The number of hydrogen-bond acceptors (Lipinski definition) is 6. The van der Waals surface area contributed by atoms with Gasteiger partial charge in [-0.2, -0.15) is 17.2 Å². The van der Waals surface area contributed by atoms with Crippen molar-refractivity contribution in [3.63, 3.8) is 0 Å². The average molecular weight is 400 g/mol. The van der Waals surface area contributed by atoms with Gasteiger partial charge >= 0.3 is 27.3 Å². The van der Waals surface area contributed by atoms with Gasteiger partial charge in [0.25, 0.3) is 0 Å². The number of hydrogen-bond donors (Lipinski definition) is 1. The van der Waals surface area contributed by atoms with Gasteiger partial charge in [-0.1, -0.05) is 6.92 Å². The number of carbonyl (C=O) groups is 2. The molecule has 0 saturated heterocycles. The van der Waals surface area contributed by atoms with Crippen LogP contribution in [0.15, 0.2) is 0 Å². The lowest BCUT2D eigenvalue weighted by atomic mass is 9.86. The van der Waals surface area contributed by atoms with E-state index in [1.807, 2.05) is 6.92 Å². The van der Waals surface area contributed by atoms with Gasteiger partial charge in [0.1, 0.15) is 6.10 Å². The molecule has 0 radical (unpaired) electrons. The van der Waals surface area contributed by atoms with Crippen molar-refractivity contribution in [2.45, 2.75) is 77.3 Å². The van der Waals surface area contributed by atoms with Gasteiger partial charge < -0.3 is 9.47 Å². The Morgan fingerprint density at radius 1 is 1.19 bits per heavy atom. The zero-order valence-electron chi connectivity index (χ0n) is 15.3. The lowest BCUT2D eigenvalue weighted by molar-refractivity contribution is -0.168. The normalized spacial score (nSPS) is 23.2. The second-order valence-corrected chi connectivity index (χ2v) is 8.73. The minimum atomic E-state index is -5.68. The maximum absolute atomic E-state index is 13.4. The summed E-state index contributed by atoms with van der Waals surface area (Å²) in [6.07, 6.45) is -0.739. The maximum Gasteiger partial charge on any atom is 0.405 e. The van der Waals surface area contributed by atoms with Crippen molar-refractivity contribution < 1.29 is 40.8 Å². The summed E-state index contributed by atoms with van der Waals surface area (Å²) in [5, 5.41) is -4.58. The van der Waals surface area contributed by atoms with Gasteiger partial charge in [-0.3, -0.25) is 14.1 Å². The fourth-order valence-corrected chi connectivity index (χ4v) is 2.89. The average Bonchev–Trinajstić information content (AvgIpc) is 2.54. The molecule has 0 aliphatic heterocycles. The Balaban J connectivity index is 2.55. The molecule has 152 valence electrons. The molecule has 0 amide bonds. The van der Waals surface area contributed by atoms with Crippen LogP contribution in [0, 0.1) is 11.3 Å². The van der Waals surface area contributed by atoms with Crippen molar-refractivity contribution in [1.82, 2.24) is 0 Å². The molecule has 0 heterocycles. The molecule has 1 fully saturated rings. The second kappa shape index (κ2) is 8.16. The van der Waals surface area contributed by atoms with E-state index in [0.29, 0.717) is 26.2 Å². The number of esters is 2. The first-order valence-corrected chi connectivity index (χ1v) is 9.92. The highest BCUT2D eigenvalue weighted by Crippen LogP contribution is 2.32. The van der Waals surface area contributed by atoms with Crippen LogP contribution in [0.1, 0.15) is 59.8 Å². The van der Waals surface area contributed by atoms with Gasteiger partial charge in [0.15, 0.2) is 6.10 Å². The van der Waals surface area contributed by atoms with E-state index in [-0.39, 0.29) is 24.9 Å². The fraction of sp³-hybridized carbons (Fsp3) is 0.875. The largest absolute Gasteiger partial charge is 0.462 e. The highest BCUT2D eigenvalue weighted by Gasteiger charge is 2.52. The van der Waals surface area contributed by atoms with Crippen LogP contribution in [0.25, 0.3) is 0 Å². The predicted octanol–water partition coefficient (Wildman–Crippen LogP) is 2.94. The third kappa shape index (κ3) is 5.35. The Morgan fingerprint density at radius 2 is 1.69 bits per heavy atom. The Bertz CT molecular complexity index is 623. The molecule has 0 aromatic carbocycles. The van der Waals surface area contributed by atoms with Crippen molar-refractivity contribution in [3.05, 3.63) is 0 Å². The number of carbonyl (C=O) groups excluding carboxylic acids is 2. The smallest absolute Gasteiger partial charge is 0.405 e. The molecule has 0 spiro atoms. The minimum absolute atomic E-state index is 0.271. The van der Waals surface area contributed by atoms with Crippen LogP contribution < -0.4 is 0 Å². The van der Waals surface area contributed by atoms with Crippen LogP contribution in [0.5, 0.6) is 0 Å². The first kappa shape index (κ1) is 22.8. The number of halogens is 2. The summed E-state index contributed by atoms with van der Waals surface area (Å²) in [6.45, 7) is 6.12. The zero-order chi connectivity index (χ0) is 20.3.